The van der Waals surface area contributed by atoms with Gasteiger partial charge in [-0.05, 0) is 25.8 Å². The molecule has 2 fully saturated rings. The van der Waals surface area contributed by atoms with E-state index in [9.17, 15) is 9.90 Å². The highest BCUT2D eigenvalue weighted by atomic mass is 16.3. The minimum Gasteiger partial charge on any atom is -0.392 e. The largest absolute Gasteiger partial charge is 0.392 e. The van der Waals surface area contributed by atoms with Crippen molar-refractivity contribution in [3.63, 3.8) is 0 Å². The molecule has 0 aromatic rings. The Morgan fingerprint density at radius 1 is 1.46 bits per heavy atom. The van der Waals surface area contributed by atoms with Gasteiger partial charge in [-0.25, -0.2) is 0 Å². The summed E-state index contributed by atoms with van der Waals surface area (Å²) in [6.45, 7) is 2.20. The first-order valence-corrected chi connectivity index (χ1v) is 4.93. The van der Waals surface area contributed by atoms with Gasteiger partial charge in [-0.15, -0.1) is 0 Å². The van der Waals surface area contributed by atoms with Crippen LogP contribution >= 0.6 is 0 Å². The summed E-state index contributed by atoms with van der Waals surface area (Å²) in [6, 6.07) is 0. The first-order valence-electron chi connectivity index (χ1n) is 4.93. The molecule has 2 rings (SSSR count). The summed E-state index contributed by atoms with van der Waals surface area (Å²) in [5.74, 6) is 0.0263. The number of hydrogen-bond donors (Lipinski definition) is 3. The van der Waals surface area contributed by atoms with Crippen LogP contribution in [0.25, 0.3) is 0 Å². The molecular weight excluding hydrogens is 168 g/mol. The lowest BCUT2D eigenvalue weighted by molar-refractivity contribution is -0.143. The molecule has 0 aromatic heterocycles. The summed E-state index contributed by atoms with van der Waals surface area (Å²) >= 11 is 0. The standard InChI is InChI=1S/C9H16N2O2/c12-7-2-5-10-6-9(7)3-1-4-11-8(9)13/h7,10,12H,1-6H2,(H,11,13)/t7-,9-/m1/s1. The Morgan fingerprint density at radius 2 is 2.31 bits per heavy atom. The Bertz CT molecular complexity index is 214. The van der Waals surface area contributed by atoms with Crippen LogP contribution in [0.1, 0.15) is 19.3 Å². The second kappa shape index (κ2) is 3.27. The van der Waals surface area contributed by atoms with Gasteiger partial charge in [0.1, 0.15) is 0 Å². The molecule has 1 amide bonds. The van der Waals surface area contributed by atoms with Crippen molar-refractivity contribution in [2.24, 2.45) is 5.41 Å². The van der Waals surface area contributed by atoms with Crippen molar-refractivity contribution in [2.45, 2.75) is 25.4 Å². The van der Waals surface area contributed by atoms with E-state index in [4.69, 9.17) is 0 Å². The lowest BCUT2D eigenvalue weighted by Crippen LogP contribution is -2.60. The molecule has 2 aliphatic heterocycles. The maximum absolute atomic E-state index is 11.7. The minimum absolute atomic E-state index is 0.0263. The lowest BCUT2D eigenvalue weighted by Gasteiger charge is -2.42. The summed E-state index contributed by atoms with van der Waals surface area (Å²) in [5.41, 5.74) is -0.531. The van der Waals surface area contributed by atoms with Gasteiger partial charge in [0.2, 0.25) is 5.91 Å². The van der Waals surface area contributed by atoms with E-state index in [0.717, 1.165) is 25.9 Å². The zero-order valence-electron chi connectivity index (χ0n) is 7.68. The number of rotatable bonds is 0. The van der Waals surface area contributed by atoms with Crippen LogP contribution in [0.15, 0.2) is 0 Å². The number of piperidine rings is 2. The van der Waals surface area contributed by atoms with Gasteiger partial charge in [-0.1, -0.05) is 0 Å². The fraction of sp³-hybridized carbons (Fsp3) is 0.889. The van der Waals surface area contributed by atoms with E-state index in [0.29, 0.717) is 13.0 Å². The quantitative estimate of drug-likeness (QED) is 0.463. The van der Waals surface area contributed by atoms with Crippen molar-refractivity contribution in [3.05, 3.63) is 0 Å². The van der Waals surface area contributed by atoms with Gasteiger partial charge in [0.25, 0.3) is 0 Å². The molecule has 4 nitrogen and oxygen atoms in total. The predicted molar refractivity (Wildman–Crippen MR) is 48.2 cm³/mol. The minimum atomic E-state index is -0.531. The predicted octanol–water partition coefficient (Wildman–Crippen LogP) is -0.763. The number of carbonyl (C=O) groups is 1. The van der Waals surface area contributed by atoms with Gasteiger partial charge < -0.3 is 15.7 Å². The van der Waals surface area contributed by atoms with Gasteiger partial charge in [0.15, 0.2) is 0 Å². The zero-order chi connectivity index (χ0) is 9.31. The molecule has 2 atom stereocenters. The Labute approximate surface area is 77.7 Å². The normalized spacial score (nSPS) is 40.4. The summed E-state index contributed by atoms with van der Waals surface area (Å²) < 4.78 is 0. The summed E-state index contributed by atoms with van der Waals surface area (Å²) in [7, 11) is 0. The lowest BCUT2D eigenvalue weighted by atomic mass is 9.72. The SMILES string of the molecule is O=C1NCCC[C@]12CNCC[C@H]2O. The van der Waals surface area contributed by atoms with Crippen molar-refractivity contribution in [1.82, 2.24) is 10.6 Å². The van der Waals surface area contributed by atoms with E-state index in [-0.39, 0.29) is 5.91 Å². The smallest absolute Gasteiger partial charge is 0.230 e. The van der Waals surface area contributed by atoms with Gasteiger partial charge in [-0.3, -0.25) is 4.79 Å². The Kier molecular flexibility index (Phi) is 2.26. The summed E-state index contributed by atoms with van der Waals surface area (Å²) in [5, 5.41) is 15.9. The van der Waals surface area contributed by atoms with Crippen LogP contribution in [0.2, 0.25) is 0 Å². The fourth-order valence-corrected chi connectivity index (χ4v) is 2.33. The molecule has 0 aliphatic carbocycles. The maximum Gasteiger partial charge on any atom is 0.230 e. The average molecular weight is 184 g/mol. The molecule has 4 heteroatoms. The van der Waals surface area contributed by atoms with Crippen molar-refractivity contribution < 1.29 is 9.90 Å². The van der Waals surface area contributed by atoms with Gasteiger partial charge in [0.05, 0.1) is 11.5 Å². The van der Waals surface area contributed by atoms with Crippen LogP contribution in [0.4, 0.5) is 0 Å². The number of amides is 1. The molecular formula is C9H16N2O2. The molecule has 2 heterocycles. The highest BCUT2D eigenvalue weighted by Crippen LogP contribution is 2.34. The Balaban J connectivity index is 2.18. The number of nitrogens with one attached hydrogen (secondary N) is 2. The Hall–Kier alpha value is -0.610. The molecule has 1 spiro atoms. The fourth-order valence-electron chi connectivity index (χ4n) is 2.33. The van der Waals surface area contributed by atoms with Gasteiger partial charge in [0, 0.05) is 13.1 Å². The van der Waals surface area contributed by atoms with E-state index >= 15 is 0 Å². The topological polar surface area (TPSA) is 61.4 Å². The van der Waals surface area contributed by atoms with Crippen molar-refractivity contribution in [3.8, 4) is 0 Å². The third-order valence-electron chi connectivity index (χ3n) is 3.21. The third kappa shape index (κ3) is 1.34. The van der Waals surface area contributed by atoms with Crippen molar-refractivity contribution in [2.75, 3.05) is 19.6 Å². The van der Waals surface area contributed by atoms with Crippen LogP contribution in [0.5, 0.6) is 0 Å². The number of aliphatic hydroxyl groups is 1. The van der Waals surface area contributed by atoms with E-state index in [1.807, 2.05) is 0 Å². The third-order valence-corrected chi connectivity index (χ3v) is 3.21. The van der Waals surface area contributed by atoms with Crippen LogP contribution in [0.3, 0.4) is 0 Å². The number of hydrogen-bond acceptors (Lipinski definition) is 3. The molecule has 0 bridgehead atoms. The summed E-state index contributed by atoms with van der Waals surface area (Å²) in [6.07, 6.45) is 2.01. The molecule has 3 N–H and O–H groups in total. The highest BCUT2D eigenvalue weighted by molar-refractivity contribution is 5.84. The molecule has 0 aromatic carbocycles. The molecule has 0 radical (unpaired) electrons. The Morgan fingerprint density at radius 3 is 3.00 bits per heavy atom. The second-order valence-corrected chi connectivity index (χ2v) is 4.00. The maximum atomic E-state index is 11.7. The zero-order valence-corrected chi connectivity index (χ0v) is 7.68. The van der Waals surface area contributed by atoms with Gasteiger partial charge >= 0.3 is 0 Å². The van der Waals surface area contributed by atoms with Crippen molar-refractivity contribution in [1.29, 1.82) is 0 Å². The monoisotopic (exact) mass is 184 g/mol. The first-order chi connectivity index (χ1) is 6.26. The molecule has 13 heavy (non-hydrogen) atoms. The van der Waals surface area contributed by atoms with E-state index in [2.05, 4.69) is 10.6 Å². The molecule has 2 aliphatic rings. The molecule has 0 saturated carbocycles. The van der Waals surface area contributed by atoms with E-state index in [1.54, 1.807) is 0 Å². The highest BCUT2D eigenvalue weighted by Gasteiger charge is 2.47. The molecule has 2 saturated heterocycles. The van der Waals surface area contributed by atoms with Crippen LogP contribution < -0.4 is 10.6 Å². The molecule has 74 valence electrons. The summed E-state index contributed by atoms with van der Waals surface area (Å²) in [4.78, 5) is 11.7. The van der Waals surface area contributed by atoms with Crippen molar-refractivity contribution >= 4 is 5.91 Å². The number of aliphatic hydroxyl groups excluding tert-OH is 1. The van der Waals surface area contributed by atoms with E-state index < -0.39 is 11.5 Å². The average Bonchev–Trinajstić information content (AvgIpc) is 2.15. The van der Waals surface area contributed by atoms with Crippen LogP contribution in [-0.2, 0) is 4.79 Å². The second-order valence-electron chi connectivity index (χ2n) is 4.00. The van der Waals surface area contributed by atoms with E-state index in [1.165, 1.54) is 0 Å². The van der Waals surface area contributed by atoms with Gasteiger partial charge in [-0.2, -0.15) is 0 Å². The first kappa shape index (κ1) is 8.97. The van der Waals surface area contributed by atoms with Crippen LogP contribution in [0, 0.1) is 5.41 Å². The molecule has 0 unspecified atom stereocenters. The number of carbonyl (C=O) groups excluding carboxylic acids is 1. The van der Waals surface area contributed by atoms with Crippen LogP contribution in [-0.4, -0.2) is 36.8 Å².